The summed E-state index contributed by atoms with van der Waals surface area (Å²) in [5, 5.41) is 68.4. The molecule has 0 aromatic heterocycles. The van der Waals surface area contributed by atoms with Crippen LogP contribution in [0.15, 0.2) is 0 Å². The second kappa shape index (κ2) is 8.78. The molecule has 2 heterocycles. The Morgan fingerprint density at radius 2 is 1.58 bits per heavy atom. The Labute approximate surface area is 138 Å². The molecule has 0 aromatic carbocycles. The lowest BCUT2D eigenvalue weighted by atomic mass is 9.92. The highest BCUT2D eigenvalue weighted by molar-refractivity contribution is 4.97. The molecule has 0 amide bonds. The third-order valence-corrected chi connectivity index (χ3v) is 4.53. The van der Waals surface area contributed by atoms with E-state index in [0.29, 0.717) is 0 Å². The lowest BCUT2D eigenvalue weighted by Crippen LogP contribution is -2.66. The number of aliphatic hydroxyl groups excluding tert-OH is 7. The van der Waals surface area contributed by atoms with Crippen molar-refractivity contribution in [2.75, 3.05) is 26.8 Å². The van der Waals surface area contributed by atoms with Crippen molar-refractivity contribution in [3.8, 4) is 0 Å². The number of nitrogens with zero attached hydrogens (tertiary/aromatic N) is 1. The van der Waals surface area contributed by atoms with Crippen LogP contribution in [0.1, 0.15) is 0 Å². The van der Waals surface area contributed by atoms with Gasteiger partial charge in [0.15, 0.2) is 6.29 Å². The zero-order valence-electron chi connectivity index (χ0n) is 13.2. The van der Waals surface area contributed by atoms with E-state index in [1.807, 2.05) is 0 Å². The first kappa shape index (κ1) is 21.6. The van der Waals surface area contributed by atoms with E-state index in [2.05, 4.69) is 0 Å². The first-order valence-electron chi connectivity index (χ1n) is 7.43. The molecule has 11 heteroatoms. The quantitative estimate of drug-likeness (QED) is 0.255. The molecule has 9 atom stereocenters. The first-order chi connectivity index (χ1) is 10.8. The number of likely N-dealkylation sites (tertiary alicyclic amines) is 1. The number of hydrogen-bond donors (Lipinski definition) is 7. The van der Waals surface area contributed by atoms with E-state index in [9.17, 15) is 35.7 Å². The molecule has 2 aliphatic heterocycles. The third-order valence-electron chi connectivity index (χ3n) is 4.53. The fourth-order valence-electron chi connectivity index (χ4n) is 3.08. The van der Waals surface area contributed by atoms with E-state index in [0.717, 1.165) is 0 Å². The molecule has 144 valence electrons. The van der Waals surface area contributed by atoms with Crippen LogP contribution in [0.2, 0.25) is 0 Å². The predicted molar refractivity (Wildman–Crippen MR) is 77.8 cm³/mol. The molecule has 2 fully saturated rings. The summed E-state index contributed by atoms with van der Waals surface area (Å²) in [7, 11) is 1.27. The maximum absolute atomic E-state index is 10.0. The molecular weight excluding hydrogens is 330 g/mol. The molecule has 0 saturated carbocycles. The molecule has 0 unspecified atom stereocenters. The Bertz CT molecular complexity index is 386. The highest BCUT2D eigenvalue weighted by Crippen LogP contribution is 2.25. The summed E-state index contributed by atoms with van der Waals surface area (Å²) in [5.41, 5.74) is 0. The van der Waals surface area contributed by atoms with Crippen LogP contribution in [-0.4, -0.2) is 128 Å². The highest BCUT2D eigenvalue weighted by atomic mass is 16.7. The van der Waals surface area contributed by atoms with Gasteiger partial charge in [0.2, 0.25) is 0 Å². The van der Waals surface area contributed by atoms with Gasteiger partial charge in [0.25, 0.3) is 0 Å². The molecule has 2 aliphatic rings. The van der Waals surface area contributed by atoms with Crippen LogP contribution in [0, 0.1) is 0 Å². The van der Waals surface area contributed by atoms with E-state index in [-0.39, 0.29) is 18.6 Å². The van der Waals surface area contributed by atoms with Gasteiger partial charge in [-0.1, -0.05) is 0 Å². The summed E-state index contributed by atoms with van der Waals surface area (Å²) in [6.07, 6.45) is -10.5. The van der Waals surface area contributed by atoms with E-state index >= 15 is 0 Å². The van der Waals surface area contributed by atoms with Crippen LogP contribution in [-0.2, 0) is 9.47 Å². The predicted octanol–water partition coefficient (Wildman–Crippen LogP) is -5.63. The molecule has 0 radical (unpaired) electrons. The Hall–Kier alpha value is -0.440. The number of ether oxygens (including phenoxy) is 2. The fourth-order valence-corrected chi connectivity index (χ4v) is 3.08. The Morgan fingerprint density at radius 3 is 2.12 bits per heavy atom. The van der Waals surface area contributed by atoms with Crippen LogP contribution in [0.3, 0.4) is 0 Å². The molecule has 0 aromatic rings. The molecule has 24 heavy (non-hydrogen) atoms. The van der Waals surface area contributed by atoms with E-state index in [1.54, 1.807) is 0 Å². The fraction of sp³-hybridized carbons (Fsp3) is 1.00. The molecule has 9 N–H and O–H groups in total. The normalized spacial score (nSPS) is 47.2. The van der Waals surface area contributed by atoms with Gasteiger partial charge in [-0.2, -0.15) is 0 Å². The molecule has 2 saturated heterocycles. The number of hydrogen-bond acceptors (Lipinski definition) is 10. The van der Waals surface area contributed by atoms with Gasteiger partial charge >= 0.3 is 0 Å². The second-order valence-corrected chi connectivity index (χ2v) is 6.00. The van der Waals surface area contributed by atoms with Gasteiger partial charge in [0.05, 0.1) is 18.8 Å². The van der Waals surface area contributed by atoms with E-state index < -0.39 is 61.7 Å². The lowest BCUT2D eigenvalue weighted by molar-refractivity contribution is -0.294. The van der Waals surface area contributed by atoms with E-state index in [4.69, 9.17) is 9.47 Å². The largest absolute Gasteiger partial charge is 0.412 e. The topological polar surface area (TPSA) is 195 Å². The minimum absolute atomic E-state index is 0. The third kappa shape index (κ3) is 4.03. The van der Waals surface area contributed by atoms with Gasteiger partial charge in [-0.15, -0.1) is 0 Å². The molecule has 0 bridgehead atoms. The Morgan fingerprint density at radius 1 is 0.958 bits per heavy atom. The van der Waals surface area contributed by atoms with Crippen molar-refractivity contribution < 1.29 is 50.7 Å². The zero-order chi connectivity index (χ0) is 17.3. The lowest BCUT2D eigenvalue weighted by Gasteiger charge is -2.46. The molecule has 0 aliphatic carbocycles. The maximum atomic E-state index is 10.0. The van der Waals surface area contributed by atoms with Gasteiger partial charge in [-0.3, -0.25) is 4.90 Å². The van der Waals surface area contributed by atoms with Crippen molar-refractivity contribution in [1.29, 1.82) is 0 Å². The number of piperidine rings is 1. The van der Waals surface area contributed by atoms with Gasteiger partial charge in [-0.05, 0) is 0 Å². The number of β-amino-alcohol motifs (C(OH)–C–C–N with tert-alkyl or cyclic N) is 1. The number of rotatable bonds is 4. The van der Waals surface area contributed by atoms with Gasteiger partial charge in [-0.25, -0.2) is 0 Å². The molecule has 2 rings (SSSR count). The summed E-state index contributed by atoms with van der Waals surface area (Å²) >= 11 is 0. The zero-order valence-corrected chi connectivity index (χ0v) is 13.2. The van der Waals surface area contributed by atoms with Crippen molar-refractivity contribution in [1.82, 2.24) is 4.90 Å². The number of aliphatic hydroxyl groups is 7. The summed E-state index contributed by atoms with van der Waals surface area (Å²) < 4.78 is 10.3. The van der Waals surface area contributed by atoms with E-state index in [1.165, 1.54) is 12.0 Å². The highest BCUT2D eigenvalue weighted by Gasteiger charge is 2.47. The molecular formula is C13H27NO10. The summed E-state index contributed by atoms with van der Waals surface area (Å²) in [4.78, 5) is 1.45. The molecule has 11 nitrogen and oxygen atoms in total. The SMILES string of the molecule is CO[C@H]1O[C@H](CN2C[C@H](O)[C@@H](O)[C@H](O)[C@H]2CO)[C@@H](O)[C@H](O)[C@H]1O.O. The standard InChI is InChI=1S/C13H25NO9.H2O/c1-22-13-12(21)11(20)10(19)7(23-13)3-14-2-6(16)9(18)8(17)5(14)4-15;/h5-13,15-21H,2-4H2,1H3;1H2/t5-,6+,7-,8-,9-,10-,11+,12-,13+;/m1./s1. The van der Waals surface area contributed by atoms with Gasteiger partial charge in [0.1, 0.15) is 36.6 Å². The van der Waals surface area contributed by atoms with Crippen LogP contribution in [0.25, 0.3) is 0 Å². The van der Waals surface area contributed by atoms with Crippen molar-refractivity contribution in [2.45, 2.75) is 55.1 Å². The van der Waals surface area contributed by atoms with Crippen molar-refractivity contribution in [3.63, 3.8) is 0 Å². The van der Waals surface area contributed by atoms with Crippen LogP contribution in [0.4, 0.5) is 0 Å². The molecule has 0 spiro atoms. The first-order valence-corrected chi connectivity index (χ1v) is 7.43. The average Bonchev–Trinajstić information content (AvgIpc) is 2.53. The van der Waals surface area contributed by atoms with Crippen LogP contribution < -0.4 is 0 Å². The summed E-state index contributed by atoms with van der Waals surface area (Å²) in [6.45, 7) is -0.601. The summed E-state index contributed by atoms with van der Waals surface area (Å²) in [5.74, 6) is 0. The number of methoxy groups -OCH3 is 1. The maximum Gasteiger partial charge on any atom is 0.186 e. The van der Waals surface area contributed by atoms with Crippen LogP contribution in [0.5, 0.6) is 0 Å². The van der Waals surface area contributed by atoms with Crippen molar-refractivity contribution >= 4 is 0 Å². The summed E-state index contributed by atoms with van der Waals surface area (Å²) in [6, 6.07) is -0.866. The Kier molecular flexibility index (Phi) is 7.90. The van der Waals surface area contributed by atoms with Crippen LogP contribution >= 0.6 is 0 Å². The monoisotopic (exact) mass is 357 g/mol. The minimum atomic E-state index is -1.49. The smallest absolute Gasteiger partial charge is 0.186 e. The Balaban J connectivity index is 0.00000288. The second-order valence-electron chi connectivity index (χ2n) is 6.00. The van der Waals surface area contributed by atoms with Crippen molar-refractivity contribution in [2.24, 2.45) is 0 Å². The van der Waals surface area contributed by atoms with Crippen molar-refractivity contribution in [3.05, 3.63) is 0 Å². The minimum Gasteiger partial charge on any atom is -0.412 e. The van der Waals surface area contributed by atoms with Gasteiger partial charge in [0, 0.05) is 20.2 Å². The van der Waals surface area contributed by atoms with Gasteiger partial charge < -0.3 is 50.7 Å². The average molecular weight is 357 g/mol.